The number of rotatable bonds is 5. The monoisotopic (exact) mass is 271 g/mol. The molecule has 0 saturated carbocycles. The van der Waals surface area contributed by atoms with Gasteiger partial charge in [0.05, 0.1) is 11.6 Å². The molecule has 1 unspecified atom stereocenters. The molecule has 0 saturated heterocycles. The molecule has 15 heavy (non-hydrogen) atoms. The van der Waals surface area contributed by atoms with Crippen LogP contribution in [-0.2, 0) is 0 Å². The normalized spacial score (nSPS) is 12.5. The van der Waals surface area contributed by atoms with Crippen LogP contribution in [0.4, 0.5) is 0 Å². The Kier molecular flexibility index (Phi) is 5.12. The van der Waals surface area contributed by atoms with E-state index >= 15 is 0 Å². The summed E-state index contributed by atoms with van der Waals surface area (Å²) in [4.78, 5) is 0. The predicted molar refractivity (Wildman–Crippen MR) is 67.4 cm³/mol. The summed E-state index contributed by atoms with van der Waals surface area (Å²) in [6, 6.07) is 6.18. The summed E-state index contributed by atoms with van der Waals surface area (Å²) in [5, 5.41) is 0. The third kappa shape index (κ3) is 3.21. The summed E-state index contributed by atoms with van der Waals surface area (Å²) in [6.07, 6.45) is 2.29. The molecule has 1 aromatic carbocycles. The van der Waals surface area contributed by atoms with Crippen LogP contribution >= 0.6 is 15.9 Å². The van der Waals surface area contributed by atoms with Gasteiger partial charge in [-0.25, -0.2) is 0 Å². The van der Waals surface area contributed by atoms with Crippen molar-refractivity contribution in [2.45, 2.75) is 25.7 Å². The number of hydrogen-bond donors (Lipinski definition) is 1. The number of ether oxygens (including phenoxy) is 1. The van der Waals surface area contributed by atoms with E-state index in [-0.39, 0.29) is 0 Å². The molecule has 0 fully saturated rings. The lowest BCUT2D eigenvalue weighted by molar-refractivity contribution is 0.411. The van der Waals surface area contributed by atoms with Crippen molar-refractivity contribution < 1.29 is 4.74 Å². The van der Waals surface area contributed by atoms with Crippen LogP contribution in [0.1, 0.15) is 31.2 Å². The molecule has 0 spiro atoms. The van der Waals surface area contributed by atoms with Crippen LogP contribution < -0.4 is 10.5 Å². The fraction of sp³-hybridized carbons (Fsp3) is 0.500. The zero-order valence-electron chi connectivity index (χ0n) is 9.29. The van der Waals surface area contributed by atoms with Gasteiger partial charge in [-0.05, 0) is 52.5 Å². The Balaban J connectivity index is 2.89. The van der Waals surface area contributed by atoms with Crippen molar-refractivity contribution in [2.24, 2.45) is 5.73 Å². The first-order chi connectivity index (χ1) is 7.22. The lowest BCUT2D eigenvalue weighted by Crippen LogP contribution is -2.12. The topological polar surface area (TPSA) is 35.2 Å². The highest BCUT2D eigenvalue weighted by Crippen LogP contribution is 2.30. The van der Waals surface area contributed by atoms with Crippen molar-refractivity contribution in [2.75, 3.05) is 13.7 Å². The van der Waals surface area contributed by atoms with Gasteiger partial charge in [-0.2, -0.15) is 0 Å². The van der Waals surface area contributed by atoms with Crippen LogP contribution in [0.15, 0.2) is 22.7 Å². The molecule has 84 valence electrons. The van der Waals surface area contributed by atoms with E-state index in [1.165, 1.54) is 5.56 Å². The third-order valence-electron chi connectivity index (χ3n) is 2.57. The van der Waals surface area contributed by atoms with Crippen LogP contribution in [0.5, 0.6) is 5.75 Å². The maximum atomic E-state index is 5.76. The van der Waals surface area contributed by atoms with Crippen LogP contribution in [0.3, 0.4) is 0 Å². The van der Waals surface area contributed by atoms with Crippen molar-refractivity contribution in [3.8, 4) is 5.75 Å². The summed E-state index contributed by atoms with van der Waals surface area (Å²) in [7, 11) is 1.67. The maximum absolute atomic E-state index is 5.76. The molecule has 0 aromatic heterocycles. The highest BCUT2D eigenvalue weighted by atomic mass is 79.9. The minimum Gasteiger partial charge on any atom is -0.496 e. The molecule has 0 radical (unpaired) electrons. The minimum absolute atomic E-state index is 0.456. The highest BCUT2D eigenvalue weighted by molar-refractivity contribution is 9.10. The maximum Gasteiger partial charge on any atom is 0.133 e. The van der Waals surface area contributed by atoms with Crippen molar-refractivity contribution in [3.63, 3.8) is 0 Å². The zero-order chi connectivity index (χ0) is 11.3. The Morgan fingerprint density at radius 3 is 2.67 bits per heavy atom. The third-order valence-corrected chi connectivity index (χ3v) is 3.19. The van der Waals surface area contributed by atoms with Crippen molar-refractivity contribution >= 4 is 15.9 Å². The van der Waals surface area contributed by atoms with E-state index in [0.717, 1.165) is 23.1 Å². The zero-order valence-corrected chi connectivity index (χ0v) is 10.9. The number of hydrogen-bond acceptors (Lipinski definition) is 2. The summed E-state index contributed by atoms with van der Waals surface area (Å²) in [6.45, 7) is 2.88. The molecule has 0 amide bonds. The van der Waals surface area contributed by atoms with Gasteiger partial charge in [-0.15, -0.1) is 0 Å². The van der Waals surface area contributed by atoms with Gasteiger partial charge in [0.2, 0.25) is 0 Å². The molecule has 0 aliphatic heterocycles. The van der Waals surface area contributed by atoms with E-state index < -0.39 is 0 Å². The molecule has 1 aromatic rings. The van der Waals surface area contributed by atoms with Gasteiger partial charge in [0.25, 0.3) is 0 Å². The molecular formula is C12H18BrNO. The SMILES string of the molecule is CCCC(CN)c1ccc(OC)c(Br)c1. The quantitative estimate of drug-likeness (QED) is 0.892. The Bertz CT molecular complexity index is 314. The highest BCUT2D eigenvalue weighted by Gasteiger charge is 2.10. The molecule has 2 nitrogen and oxygen atoms in total. The minimum atomic E-state index is 0.456. The van der Waals surface area contributed by atoms with E-state index in [1.807, 2.05) is 6.07 Å². The Morgan fingerprint density at radius 1 is 1.47 bits per heavy atom. The van der Waals surface area contributed by atoms with Crippen LogP contribution in [0.2, 0.25) is 0 Å². The van der Waals surface area contributed by atoms with Gasteiger partial charge in [0.15, 0.2) is 0 Å². The molecule has 1 atom stereocenters. The number of methoxy groups -OCH3 is 1. The van der Waals surface area contributed by atoms with E-state index in [0.29, 0.717) is 12.5 Å². The van der Waals surface area contributed by atoms with Crippen LogP contribution in [0, 0.1) is 0 Å². The molecular weight excluding hydrogens is 254 g/mol. The molecule has 0 bridgehead atoms. The van der Waals surface area contributed by atoms with Gasteiger partial charge in [-0.1, -0.05) is 19.4 Å². The fourth-order valence-electron chi connectivity index (χ4n) is 1.71. The Morgan fingerprint density at radius 2 is 2.20 bits per heavy atom. The average Bonchev–Trinajstić information content (AvgIpc) is 2.25. The number of nitrogens with two attached hydrogens (primary N) is 1. The van der Waals surface area contributed by atoms with E-state index in [2.05, 4.69) is 35.0 Å². The number of halogens is 1. The van der Waals surface area contributed by atoms with Crippen LogP contribution in [0.25, 0.3) is 0 Å². The van der Waals surface area contributed by atoms with Crippen molar-refractivity contribution in [1.82, 2.24) is 0 Å². The molecule has 0 aliphatic rings. The van der Waals surface area contributed by atoms with Gasteiger partial charge >= 0.3 is 0 Å². The molecule has 0 heterocycles. The molecule has 1 rings (SSSR count). The lowest BCUT2D eigenvalue weighted by Gasteiger charge is -2.15. The Labute approximate surface area is 99.9 Å². The second kappa shape index (κ2) is 6.13. The van der Waals surface area contributed by atoms with Gasteiger partial charge in [0.1, 0.15) is 5.75 Å². The number of benzene rings is 1. The summed E-state index contributed by atoms with van der Waals surface area (Å²) in [5.41, 5.74) is 7.05. The van der Waals surface area contributed by atoms with Crippen LogP contribution in [-0.4, -0.2) is 13.7 Å². The lowest BCUT2D eigenvalue weighted by atomic mass is 9.95. The summed E-state index contributed by atoms with van der Waals surface area (Å²) >= 11 is 3.49. The first-order valence-corrected chi connectivity index (χ1v) is 6.05. The fourth-order valence-corrected chi connectivity index (χ4v) is 2.26. The molecule has 3 heteroatoms. The average molecular weight is 272 g/mol. The van der Waals surface area contributed by atoms with E-state index in [9.17, 15) is 0 Å². The van der Waals surface area contributed by atoms with Crippen molar-refractivity contribution in [3.05, 3.63) is 28.2 Å². The largest absolute Gasteiger partial charge is 0.496 e. The smallest absolute Gasteiger partial charge is 0.133 e. The van der Waals surface area contributed by atoms with Crippen molar-refractivity contribution in [1.29, 1.82) is 0 Å². The first-order valence-electron chi connectivity index (χ1n) is 5.26. The van der Waals surface area contributed by atoms with Gasteiger partial charge < -0.3 is 10.5 Å². The summed E-state index contributed by atoms with van der Waals surface area (Å²) < 4.78 is 6.19. The van der Waals surface area contributed by atoms with Gasteiger partial charge in [0, 0.05) is 0 Å². The van der Waals surface area contributed by atoms with E-state index in [1.54, 1.807) is 7.11 Å². The van der Waals surface area contributed by atoms with E-state index in [4.69, 9.17) is 10.5 Å². The second-order valence-electron chi connectivity index (χ2n) is 3.62. The molecule has 2 N–H and O–H groups in total. The summed E-state index contributed by atoms with van der Waals surface area (Å²) in [5.74, 6) is 1.32. The predicted octanol–water partition coefficient (Wildman–Crippen LogP) is 3.30. The first kappa shape index (κ1) is 12.5. The standard InChI is InChI=1S/C12H18BrNO/c1-3-4-10(8-14)9-5-6-12(15-2)11(13)7-9/h5-7,10H,3-4,8,14H2,1-2H3. The van der Waals surface area contributed by atoms with Gasteiger partial charge in [-0.3, -0.25) is 0 Å². The second-order valence-corrected chi connectivity index (χ2v) is 4.47. The Hall–Kier alpha value is -0.540. The molecule has 0 aliphatic carbocycles.